The zero-order chi connectivity index (χ0) is 18.2. The Kier molecular flexibility index (Phi) is 3.50. The summed E-state index contributed by atoms with van der Waals surface area (Å²) in [4.78, 5) is 18.1. The number of aryl methyl sites for hydroxylation is 1. The molecular weight excluding hydrogens is 338 g/mol. The Hall–Kier alpha value is -3.87. The van der Waals surface area contributed by atoms with Gasteiger partial charge in [0, 0.05) is 23.3 Å². The zero-order valence-corrected chi connectivity index (χ0v) is 14.5. The molecule has 7 nitrogen and oxygen atoms in total. The van der Waals surface area contributed by atoms with Crippen LogP contribution in [0.4, 0.5) is 11.6 Å². The smallest absolute Gasteiger partial charge is 0.184 e. The number of nitrogens with zero attached hydrogens (tertiary/aromatic N) is 5. The van der Waals surface area contributed by atoms with Gasteiger partial charge >= 0.3 is 0 Å². The van der Waals surface area contributed by atoms with Crippen molar-refractivity contribution in [3.8, 4) is 11.4 Å². The molecule has 0 saturated carbocycles. The lowest BCUT2D eigenvalue weighted by molar-refractivity contribution is 1.10. The molecule has 0 aliphatic carbocycles. The molecule has 2 N–H and O–H groups in total. The highest BCUT2D eigenvalue weighted by Crippen LogP contribution is 2.28. The van der Waals surface area contributed by atoms with E-state index < -0.39 is 0 Å². The number of nitrogens with one attached hydrogen (secondary N) is 2. The van der Waals surface area contributed by atoms with E-state index in [0.29, 0.717) is 28.6 Å². The summed E-state index contributed by atoms with van der Waals surface area (Å²) in [5, 5.41) is 11.7. The Morgan fingerprint density at radius 1 is 0.852 bits per heavy atom. The van der Waals surface area contributed by atoms with E-state index in [1.807, 2.05) is 55.5 Å². The monoisotopic (exact) mass is 353 g/mol. The Morgan fingerprint density at radius 2 is 1.67 bits per heavy atom. The highest BCUT2D eigenvalue weighted by Gasteiger charge is 2.14. The molecule has 0 unspecified atom stereocenters. The van der Waals surface area contributed by atoms with Crippen LogP contribution in [0, 0.1) is 6.92 Å². The number of para-hydroxylation sites is 1. The molecule has 0 fully saturated rings. The number of anilines is 2. The highest BCUT2D eigenvalue weighted by atomic mass is 15.2. The van der Waals surface area contributed by atoms with Gasteiger partial charge in [-0.15, -0.1) is 0 Å². The molecule has 130 valence electrons. The first-order chi connectivity index (χ1) is 13.3. The molecule has 3 heterocycles. The van der Waals surface area contributed by atoms with Crippen LogP contribution in [0.2, 0.25) is 0 Å². The number of H-pyrrole nitrogens is 1. The SMILES string of the molecule is Cc1ccccc1-c1nc(Nc2n[nH]c3ccccc23)c2nccnc2n1. The minimum Gasteiger partial charge on any atom is -0.321 e. The minimum atomic E-state index is 0.535. The predicted octanol–water partition coefficient (Wildman–Crippen LogP) is 4.02. The second-order valence-corrected chi connectivity index (χ2v) is 6.18. The molecule has 0 aliphatic rings. The van der Waals surface area contributed by atoms with Gasteiger partial charge in [-0.1, -0.05) is 36.4 Å². The molecule has 5 rings (SSSR count). The lowest BCUT2D eigenvalue weighted by Crippen LogP contribution is -2.02. The Morgan fingerprint density at radius 3 is 2.59 bits per heavy atom. The fourth-order valence-electron chi connectivity index (χ4n) is 3.07. The maximum absolute atomic E-state index is 4.74. The van der Waals surface area contributed by atoms with Crippen molar-refractivity contribution in [1.82, 2.24) is 30.1 Å². The number of hydrogen-bond donors (Lipinski definition) is 2. The summed E-state index contributed by atoms with van der Waals surface area (Å²) in [7, 11) is 0. The van der Waals surface area contributed by atoms with Crippen molar-refractivity contribution in [2.75, 3.05) is 5.32 Å². The van der Waals surface area contributed by atoms with Gasteiger partial charge in [-0.3, -0.25) is 5.10 Å². The molecule has 0 atom stereocenters. The maximum Gasteiger partial charge on any atom is 0.184 e. The number of fused-ring (bicyclic) bond motifs is 2. The van der Waals surface area contributed by atoms with Gasteiger partial charge in [-0.05, 0) is 24.6 Å². The van der Waals surface area contributed by atoms with Gasteiger partial charge in [0.15, 0.2) is 28.6 Å². The molecule has 3 aromatic heterocycles. The van der Waals surface area contributed by atoms with E-state index in [0.717, 1.165) is 22.0 Å². The van der Waals surface area contributed by atoms with E-state index in [9.17, 15) is 0 Å². The standard InChI is InChI=1S/C20H15N7/c1-12-6-2-3-7-13(12)17-23-19-16(21-10-11-22-19)20(24-17)25-18-14-8-4-5-9-15(14)26-27-18/h2-11H,1H3,(H2,22,23,24,25,26,27). The normalized spacial score (nSPS) is 11.1. The lowest BCUT2D eigenvalue weighted by Gasteiger charge is -2.10. The summed E-state index contributed by atoms with van der Waals surface area (Å²) in [6.07, 6.45) is 3.26. The van der Waals surface area contributed by atoms with Crippen LogP contribution in [0.15, 0.2) is 60.9 Å². The number of rotatable bonds is 3. The summed E-state index contributed by atoms with van der Waals surface area (Å²) in [5.41, 5.74) is 4.13. The van der Waals surface area contributed by atoms with E-state index in [1.165, 1.54) is 0 Å². The summed E-state index contributed by atoms with van der Waals surface area (Å²) in [6.45, 7) is 2.04. The molecule has 0 amide bonds. The van der Waals surface area contributed by atoms with Crippen molar-refractivity contribution in [2.45, 2.75) is 6.92 Å². The van der Waals surface area contributed by atoms with Crippen molar-refractivity contribution in [3.05, 3.63) is 66.5 Å². The number of aromatic amines is 1. The van der Waals surface area contributed by atoms with Crippen LogP contribution >= 0.6 is 0 Å². The predicted molar refractivity (Wildman–Crippen MR) is 105 cm³/mol. The summed E-state index contributed by atoms with van der Waals surface area (Å²) in [6, 6.07) is 15.9. The van der Waals surface area contributed by atoms with E-state index in [4.69, 9.17) is 4.98 Å². The van der Waals surface area contributed by atoms with Crippen molar-refractivity contribution < 1.29 is 0 Å². The van der Waals surface area contributed by atoms with Gasteiger partial charge in [0.25, 0.3) is 0 Å². The molecule has 5 aromatic rings. The first-order valence-corrected chi connectivity index (χ1v) is 8.54. The Balaban J connectivity index is 1.70. The van der Waals surface area contributed by atoms with Gasteiger partial charge in [0.05, 0.1) is 5.52 Å². The van der Waals surface area contributed by atoms with Crippen molar-refractivity contribution >= 4 is 33.7 Å². The highest BCUT2D eigenvalue weighted by molar-refractivity contribution is 5.94. The van der Waals surface area contributed by atoms with Crippen LogP contribution in [-0.2, 0) is 0 Å². The second kappa shape index (κ2) is 6.14. The van der Waals surface area contributed by atoms with Crippen LogP contribution in [-0.4, -0.2) is 30.1 Å². The molecule has 0 aliphatic heterocycles. The average molecular weight is 353 g/mol. The van der Waals surface area contributed by atoms with Gasteiger partial charge < -0.3 is 5.32 Å². The van der Waals surface area contributed by atoms with E-state index in [2.05, 4.69) is 30.5 Å². The van der Waals surface area contributed by atoms with Crippen LogP contribution < -0.4 is 5.32 Å². The van der Waals surface area contributed by atoms with Crippen molar-refractivity contribution in [1.29, 1.82) is 0 Å². The zero-order valence-electron chi connectivity index (χ0n) is 14.5. The molecule has 7 heteroatoms. The molecule has 27 heavy (non-hydrogen) atoms. The van der Waals surface area contributed by atoms with E-state index in [-0.39, 0.29) is 0 Å². The van der Waals surface area contributed by atoms with Crippen molar-refractivity contribution in [3.63, 3.8) is 0 Å². The lowest BCUT2D eigenvalue weighted by atomic mass is 10.1. The average Bonchev–Trinajstić information content (AvgIpc) is 3.11. The van der Waals surface area contributed by atoms with Gasteiger partial charge in [-0.25, -0.2) is 19.9 Å². The maximum atomic E-state index is 4.74. The Labute approximate surface area is 154 Å². The first kappa shape index (κ1) is 15.4. The third-order valence-corrected chi connectivity index (χ3v) is 4.43. The molecular formula is C20H15N7. The molecule has 2 aromatic carbocycles. The quantitative estimate of drug-likeness (QED) is 0.509. The fraction of sp³-hybridized carbons (Fsp3) is 0.0500. The van der Waals surface area contributed by atoms with Crippen molar-refractivity contribution in [2.24, 2.45) is 0 Å². The van der Waals surface area contributed by atoms with Gasteiger partial charge in [0.1, 0.15) is 0 Å². The number of benzene rings is 2. The number of aromatic nitrogens is 6. The summed E-state index contributed by atoms with van der Waals surface area (Å²) < 4.78 is 0. The number of hydrogen-bond acceptors (Lipinski definition) is 6. The molecule has 0 saturated heterocycles. The van der Waals surface area contributed by atoms with Crippen LogP contribution in [0.3, 0.4) is 0 Å². The molecule has 0 bridgehead atoms. The molecule has 0 radical (unpaired) electrons. The van der Waals surface area contributed by atoms with Crippen LogP contribution in [0.5, 0.6) is 0 Å². The summed E-state index contributed by atoms with van der Waals surface area (Å²) in [5.74, 6) is 1.86. The van der Waals surface area contributed by atoms with Gasteiger partial charge in [-0.2, -0.15) is 5.10 Å². The topological polar surface area (TPSA) is 92.3 Å². The van der Waals surface area contributed by atoms with E-state index >= 15 is 0 Å². The van der Waals surface area contributed by atoms with Gasteiger partial charge in [0.2, 0.25) is 0 Å². The largest absolute Gasteiger partial charge is 0.321 e. The van der Waals surface area contributed by atoms with Crippen LogP contribution in [0.1, 0.15) is 5.56 Å². The second-order valence-electron chi connectivity index (χ2n) is 6.18. The third kappa shape index (κ3) is 2.65. The fourth-order valence-corrected chi connectivity index (χ4v) is 3.07. The first-order valence-electron chi connectivity index (χ1n) is 8.54. The van der Waals surface area contributed by atoms with Crippen LogP contribution in [0.25, 0.3) is 33.5 Å². The molecule has 0 spiro atoms. The van der Waals surface area contributed by atoms with E-state index in [1.54, 1.807) is 12.4 Å². The summed E-state index contributed by atoms with van der Waals surface area (Å²) >= 11 is 0. The minimum absolute atomic E-state index is 0.535. The third-order valence-electron chi connectivity index (χ3n) is 4.43. The Bertz CT molecular complexity index is 1280.